The highest BCUT2D eigenvalue weighted by Gasteiger charge is 2.15. The van der Waals surface area contributed by atoms with Gasteiger partial charge in [-0.2, -0.15) is 0 Å². The van der Waals surface area contributed by atoms with Gasteiger partial charge >= 0.3 is 0 Å². The van der Waals surface area contributed by atoms with E-state index >= 15 is 0 Å². The Labute approximate surface area is 266 Å². The van der Waals surface area contributed by atoms with Gasteiger partial charge in [-0.05, 0) is 66.7 Å². The van der Waals surface area contributed by atoms with Crippen LogP contribution in [0.1, 0.15) is 0 Å². The van der Waals surface area contributed by atoms with E-state index in [1.807, 2.05) is 54.9 Å². The van der Waals surface area contributed by atoms with Gasteiger partial charge < -0.3 is 0 Å². The lowest BCUT2D eigenvalue weighted by molar-refractivity contribution is 1.07. The van der Waals surface area contributed by atoms with E-state index in [-0.39, 0.29) is 0 Å². The number of aromatic nitrogens is 4. The Balaban J connectivity index is 1.13. The Hall–Kier alpha value is -6.26. The van der Waals surface area contributed by atoms with Crippen LogP contribution in [0.25, 0.3) is 88.7 Å². The number of benzene rings is 7. The maximum atomic E-state index is 4.98. The number of rotatable bonds is 5. The van der Waals surface area contributed by atoms with Gasteiger partial charge in [-0.1, -0.05) is 133 Å². The maximum Gasteiger partial charge on any atom is 0.164 e. The van der Waals surface area contributed by atoms with Gasteiger partial charge in [0.25, 0.3) is 0 Å². The van der Waals surface area contributed by atoms with Crippen molar-refractivity contribution in [2.75, 3.05) is 0 Å². The summed E-state index contributed by atoms with van der Waals surface area (Å²) in [7, 11) is 0. The van der Waals surface area contributed by atoms with E-state index < -0.39 is 0 Å². The van der Waals surface area contributed by atoms with Gasteiger partial charge in [-0.25, -0.2) is 15.0 Å². The monoisotopic (exact) mass is 586 g/mol. The average Bonchev–Trinajstić information content (AvgIpc) is 3.14. The molecule has 4 nitrogen and oxygen atoms in total. The van der Waals surface area contributed by atoms with Crippen molar-refractivity contribution in [3.63, 3.8) is 0 Å². The summed E-state index contributed by atoms with van der Waals surface area (Å²) in [5.74, 6) is 1.93. The second-order valence-corrected chi connectivity index (χ2v) is 11.5. The molecule has 0 aliphatic carbocycles. The smallest absolute Gasteiger partial charge is 0.164 e. The van der Waals surface area contributed by atoms with Crippen LogP contribution in [0.2, 0.25) is 0 Å². The van der Waals surface area contributed by atoms with Crippen LogP contribution in [-0.4, -0.2) is 19.9 Å². The summed E-state index contributed by atoms with van der Waals surface area (Å²) in [4.78, 5) is 19.0. The van der Waals surface area contributed by atoms with Crippen molar-refractivity contribution in [3.05, 3.63) is 158 Å². The Morgan fingerprint density at radius 3 is 1.41 bits per heavy atom. The summed E-state index contributed by atoms with van der Waals surface area (Å²) in [6, 6.07) is 51.0. The quantitative estimate of drug-likeness (QED) is 0.188. The lowest BCUT2D eigenvalue weighted by Crippen LogP contribution is -2.00. The summed E-state index contributed by atoms with van der Waals surface area (Å²) in [6.07, 6.45) is 3.62. The number of hydrogen-bond acceptors (Lipinski definition) is 4. The molecule has 0 spiro atoms. The molecule has 0 unspecified atom stereocenters. The van der Waals surface area contributed by atoms with Crippen LogP contribution in [0, 0.1) is 0 Å². The van der Waals surface area contributed by atoms with E-state index in [2.05, 4.69) is 108 Å². The molecule has 0 aliphatic rings. The first-order valence-corrected chi connectivity index (χ1v) is 15.4. The highest BCUT2D eigenvalue weighted by atomic mass is 15.0. The molecule has 0 radical (unpaired) electrons. The van der Waals surface area contributed by atoms with Gasteiger partial charge in [-0.15, -0.1) is 0 Å². The first-order chi connectivity index (χ1) is 22.8. The maximum absolute atomic E-state index is 4.98. The van der Waals surface area contributed by atoms with E-state index in [0.29, 0.717) is 17.5 Å². The molecule has 0 N–H and O–H groups in total. The fraction of sp³-hybridized carbons (Fsp3) is 0. The van der Waals surface area contributed by atoms with Gasteiger partial charge in [-0.3, -0.25) is 4.98 Å². The van der Waals surface area contributed by atoms with E-state index in [1.165, 1.54) is 37.9 Å². The standard InChI is InChI=1S/C42H26N4/c1-2-5-33(6-3-1)40-44-41(34-15-9-27(10-16-34)28-23-25-43-26-24-28)46-42(45-40)35-17-11-29(12-18-35)36-21-19-32-14-13-30-7-4-8-31-20-22-37(36)39(32)38(30)31/h1-26H. The summed E-state index contributed by atoms with van der Waals surface area (Å²) in [5, 5.41) is 7.72. The molecule has 4 heteroatoms. The molecule has 46 heavy (non-hydrogen) atoms. The molecule has 2 aromatic heterocycles. The van der Waals surface area contributed by atoms with Crippen molar-refractivity contribution in [1.82, 2.24) is 19.9 Å². The lowest BCUT2D eigenvalue weighted by Gasteiger charge is -2.14. The highest BCUT2D eigenvalue weighted by molar-refractivity contribution is 6.25. The molecular formula is C42H26N4. The van der Waals surface area contributed by atoms with Crippen LogP contribution in [0.3, 0.4) is 0 Å². The minimum Gasteiger partial charge on any atom is -0.265 e. The van der Waals surface area contributed by atoms with Crippen LogP contribution in [0.5, 0.6) is 0 Å². The van der Waals surface area contributed by atoms with E-state index in [4.69, 9.17) is 15.0 Å². The van der Waals surface area contributed by atoms with Crippen LogP contribution in [-0.2, 0) is 0 Å². The van der Waals surface area contributed by atoms with Crippen LogP contribution in [0.4, 0.5) is 0 Å². The van der Waals surface area contributed by atoms with Crippen LogP contribution >= 0.6 is 0 Å². The fourth-order valence-corrected chi connectivity index (χ4v) is 6.49. The minimum absolute atomic E-state index is 0.640. The van der Waals surface area contributed by atoms with Crippen molar-refractivity contribution in [2.24, 2.45) is 0 Å². The van der Waals surface area contributed by atoms with Crippen molar-refractivity contribution < 1.29 is 0 Å². The summed E-state index contributed by atoms with van der Waals surface area (Å²) >= 11 is 0. The third-order valence-electron chi connectivity index (χ3n) is 8.81. The first kappa shape index (κ1) is 26.2. The zero-order chi connectivity index (χ0) is 30.5. The summed E-state index contributed by atoms with van der Waals surface area (Å²) < 4.78 is 0. The van der Waals surface area contributed by atoms with Gasteiger partial charge in [0, 0.05) is 29.1 Å². The Morgan fingerprint density at radius 2 is 0.783 bits per heavy atom. The molecule has 0 saturated heterocycles. The van der Waals surface area contributed by atoms with E-state index in [9.17, 15) is 0 Å². The molecule has 0 atom stereocenters. The van der Waals surface area contributed by atoms with Gasteiger partial charge in [0.1, 0.15) is 0 Å². The molecule has 0 fully saturated rings. The van der Waals surface area contributed by atoms with Crippen LogP contribution in [0.15, 0.2) is 158 Å². The SMILES string of the molecule is c1ccc(-c2nc(-c3ccc(-c4ccncc4)cc3)nc(-c3ccc(-c4ccc5ccc6cccc7ccc4c5c67)cc3)n2)cc1. The number of hydrogen-bond donors (Lipinski definition) is 0. The second kappa shape index (κ2) is 10.7. The molecule has 0 bridgehead atoms. The topological polar surface area (TPSA) is 51.6 Å². The highest BCUT2D eigenvalue weighted by Crippen LogP contribution is 2.39. The van der Waals surface area contributed by atoms with Crippen molar-refractivity contribution in [3.8, 4) is 56.4 Å². The number of nitrogens with zero attached hydrogens (tertiary/aromatic N) is 4. The van der Waals surface area contributed by atoms with Crippen molar-refractivity contribution >= 4 is 32.3 Å². The van der Waals surface area contributed by atoms with E-state index in [0.717, 1.165) is 33.4 Å². The second-order valence-electron chi connectivity index (χ2n) is 11.5. The molecule has 7 aromatic carbocycles. The van der Waals surface area contributed by atoms with E-state index in [1.54, 1.807) is 0 Å². The molecule has 0 saturated carbocycles. The molecule has 9 rings (SSSR count). The molecule has 214 valence electrons. The molecule has 9 aromatic rings. The van der Waals surface area contributed by atoms with Gasteiger partial charge in [0.15, 0.2) is 17.5 Å². The lowest BCUT2D eigenvalue weighted by atomic mass is 9.90. The zero-order valence-electron chi connectivity index (χ0n) is 24.8. The van der Waals surface area contributed by atoms with Gasteiger partial charge in [0.2, 0.25) is 0 Å². The van der Waals surface area contributed by atoms with Crippen molar-refractivity contribution in [1.29, 1.82) is 0 Å². The Bertz CT molecular complexity index is 2470. The molecule has 2 heterocycles. The largest absolute Gasteiger partial charge is 0.265 e. The normalized spacial score (nSPS) is 11.5. The predicted octanol–water partition coefficient (Wildman–Crippen LogP) is 10.5. The Morgan fingerprint density at radius 1 is 0.304 bits per heavy atom. The predicted molar refractivity (Wildman–Crippen MR) is 189 cm³/mol. The molecular weight excluding hydrogens is 560 g/mol. The average molecular weight is 587 g/mol. The summed E-state index contributed by atoms with van der Waals surface area (Å²) in [5.41, 5.74) is 7.43. The van der Waals surface area contributed by atoms with Crippen LogP contribution < -0.4 is 0 Å². The summed E-state index contributed by atoms with van der Waals surface area (Å²) in [6.45, 7) is 0. The minimum atomic E-state index is 0.640. The first-order valence-electron chi connectivity index (χ1n) is 15.4. The zero-order valence-corrected chi connectivity index (χ0v) is 24.8. The number of pyridine rings is 1. The third kappa shape index (κ3) is 4.47. The van der Waals surface area contributed by atoms with Gasteiger partial charge in [0.05, 0.1) is 0 Å². The Kier molecular flexibility index (Phi) is 6.10. The molecule has 0 amide bonds. The third-order valence-corrected chi connectivity index (χ3v) is 8.81. The fourth-order valence-electron chi connectivity index (χ4n) is 6.49. The molecule has 0 aliphatic heterocycles. The van der Waals surface area contributed by atoms with Crippen molar-refractivity contribution in [2.45, 2.75) is 0 Å².